The minimum absolute atomic E-state index is 0.0125. The highest BCUT2D eigenvalue weighted by Gasteiger charge is 2.49. The predicted octanol–water partition coefficient (Wildman–Crippen LogP) is 1.42. The smallest absolute Gasteiger partial charge is 0.326 e. The molecule has 0 bridgehead atoms. The van der Waals surface area contributed by atoms with Crippen LogP contribution < -0.4 is 11.1 Å². The maximum atomic E-state index is 13.3. The number of carbonyl (C=O) groups excluding carboxylic acids is 3. The van der Waals surface area contributed by atoms with Crippen LogP contribution in [0.25, 0.3) is 0 Å². The third-order valence-electron chi connectivity index (χ3n) is 6.47. The number of amidine groups is 1. The van der Waals surface area contributed by atoms with Gasteiger partial charge < -0.3 is 20.9 Å². The molecule has 1 saturated heterocycles. The topological polar surface area (TPSA) is 186 Å². The SMILES string of the molecule is CC(N)=NC(=O)CCC(=O)Cc1ccc(C[C@H](NC(=O)[C@@H]2C(C)OC(C)N2S(=O)(=O)c2ccccc2)C(=O)O)cc1. The first-order chi connectivity index (χ1) is 19.3. The van der Waals surface area contributed by atoms with Crippen molar-refractivity contribution in [3.63, 3.8) is 0 Å². The van der Waals surface area contributed by atoms with Gasteiger partial charge in [-0.25, -0.2) is 18.2 Å². The van der Waals surface area contributed by atoms with Crippen molar-refractivity contribution in [2.75, 3.05) is 0 Å². The van der Waals surface area contributed by atoms with Crippen molar-refractivity contribution in [3.8, 4) is 0 Å². The molecule has 0 aliphatic carbocycles. The van der Waals surface area contributed by atoms with Crippen LogP contribution in [0.4, 0.5) is 0 Å². The molecule has 1 fully saturated rings. The number of hydrogen-bond acceptors (Lipinski definition) is 7. The Labute approximate surface area is 238 Å². The molecule has 0 aromatic heterocycles. The average molecular weight is 587 g/mol. The summed E-state index contributed by atoms with van der Waals surface area (Å²) in [5, 5.41) is 12.3. The number of hydrogen-bond donors (Lipinski definition) is 3. The van der Waals surface area contributed by atoms with Gasteiger partial charge in [0.1, 0.15) is 24.1 Å². The van der Waals surface area contributed by atoms with Gasteiger partial charge in [-0.1, -0.05) is 42.5 Å². The molecule has 4 atom stereocenters. The van der Waals surface area contributed by atoms with Gasteiger partial charge in [-0.3, -0.25) is 14.4 Å². The van der Waals surface area contributed by atoms with E-state index in [9.17, 15) is 32.7 Å². The zero-order valence-corrected chi connectivity index (χ0v) is 23.8. The Bertz CT molecular complexity index is 1410. The second-order valence-electron chi connectivity index (χ2n) is 9.82. The monoisotopic (exact) mass is 586 g/mol. The number of ketones is 1. The first kappa shape index (κ1) is 31.6. The largest absolute Gasteiger partial charge is 0.480 e. The van der Waals surface area contributed by atoms with E-state index < -0.39 is 52.2 Å². The van der Waals surface area contributed by atoms with Crippen LogP contribution in [0.2, 0.25) is 0 Å². The fraction of sp³-hybridized carbons (Fsp3) is 0.393. The number of nitrogens with zero attached hydrogens (tertiary/aromatic N) is 2. The third kappa shape index (κ3) is 8.28. The van der Waals surface area contributed by atoms with E-state index in [1.165, 1.54) is 26.0 Å². The summed E-state index contributed by atoms with van der Waals surface area (Å²) in [5.74, 6) is -2.59. The lowest BCUT2D eigenvalue weighted by molar-refractivity contribution is -0.142. The molecule has 1 aliphatic heterocycles. The number of nitrogens with one attached hydrogen (secondary N) is 1. The van der Waals surface area contributed by atoms with Crippen molar-refractivity contribution >= 4 is 39.4 Å². The Morgan fingerprint density at radius 3 is 2.22 bits per heavy atom. The summed E-state index contributed by atoms with van der Waals surface area (Å²) in [5.41, 5.74) is 6.61. The number of carbonyl (C=O) groups is 4. The molecular formula is C28H34N4O8S. The van der Waals surface area contributed by atoms with E-state index in [1.807, 2.05) is 0 Å². The maximum Gasteiger partial charge on any atom is 0.326 e. The van der Waals surface area contributed by atoms with Gasteiger partial charge >= 0.3 is 5.97 Å². The van der Waals surface area contributed by atoms with Gasteiger partial charge in [0.05, 0.1) is 16.8 Å². The Kier molecular flexibility index (Phi) is 10.5. The first-order valence-corrected chi connectivity index (χ1v) is 14.4. The second kappa shape index (κ2) is 13.6. The molecule has 2 aromatic rings. The molecule has 1 heterocycles. The molecule has 12 nitrogen and oxygen atoms in total. The zero-order chi connectivity index (χ0) is 30.3. The van der Waals surface area contributed by atoms with Crippen molar-refractivity contribution < 1.29 is 37.4 Å². The number of ether oxygens (including phenoxy) is 1. The Hall–Kier alpha value is -3.94. The minimum Gasteiger partial charge on any atom is -0.480 e. The number of sulfonamides is 1. The second-order valence-corrected chi connectivity index (χ2v) is 11.7. The maximum absolute atomic E-state index is 13.3. The van der Waals surface area contributed by atoms with Gasteiger partial charge in [0, 0.05) is 25.7 Å². The summed E-state index contributed by atoms with van der Waals surface area (Å²) in [6.45, 7) is 4.55. The standard InChI is InChI=1S/C28H34N4O8S/c1-17-26(32(19(3)40-17)41(38,39)23-7-5-4-6-8-23)27(35)31-24(28(36)37)16-21-11-9-20(10-12-21)15-22(33)13-14-25(34)30-18(2)29/h4-12,17,19,24,26H,13-16H2,1-3H3,(H,31,35)(H,36,37)(H2,29,30,34)/t17?,19?,24-,26-/m0/s1. The summed E-state index contributed by atoms with van der Waals surface area (Å²) < 4.78 is 33.3. The van der Waals surface area contributed by atoms with Gasteiger partial charge in [-0.2, -0.15) is 4.31 Å². The van der Waals surface area contributed by atoms with E-state index in [2.05, 4.69) is 10.3 Å². The van der Waals surface area contributed by atoms with Crippen molar-refractivity contribution in [1.82, 2.24) is 9.62 Å². The van der Waals surface area contributed by atoms with Gasteiger partial charge in [0.15, 0.2) is 0 Å². The number of carboxylic acids is 1. The number of rotatable bonds is 12. The molecule has 3 rings (SSSR count). The number of aliphatic carboxylic acids is 1. The molecule has 0 saturated carbocycles. The summed E-state index contributed by atoms with van der Waals surface area (Å²) >= 11 is 0. The summed E-state index contributed by atoms with van der Waals surface area (Å²) in [7, 11) is -4.12. The summed E-state index contributed by atoms with van der Waals surface area (Å²) in [6, 6.07) is 11.6. The minimum atomic E-state index is -4.12. The molecule has 2 unspecified atom stereocenters. The van der Waals surface area contributed by atoms with E-state index >= 15 is 0 Å². The molecule has 220 valence electrons. The highest BCUT2D eigenvalue weighted by molar-refractivity contribution is 7.89. The van der Waals surface area contributed by atoms with Crippen molar-refractivity contribution in [3.05, 3.63) is 65.7 Å². The number of nitrogens with two attached hydrogens (primary N) is 1. The fourth-order valence-corrected chi connectivity index (χ4v) is 6.32. The van der Waals surface area contributed by atoms with Crippen LogP contribution in [0.15, 0.2) is 64.5 Å². The van der Waals surface area contributed by atoms with Crippen LogP contribution in [0, 0.1) is 0 Å². The van der Waals surface area contributed by atoms with E-state index in [-0.39, 0.29) is 42.2 Å². The summed E-state index contributed by atoms with van der Waals surface area (Å²) in [4.78, 5) is 52.7. The Balaban J connectivity index is 1.67. The molecular weight excluding hydrogens is 552 g/mol. The van der Waals surface area contributed by atoms with Gasteiger partial charge in [0.25, 0.3) is 0 Å². The van der Waals surface area contributed by atoms with Gasteiger partial charge in [-0.05, 0) is 44.0 Å². The van der Waals surface area contributed by atoms with Crippen LogP contribution in [-0.2, 0) is 46.8 Å². The highest BCUT2D eigenvalue weighted by atomic mass is 32.2. The van der Waals surface area contributed by atoms with Crippen LogP contribution in [0.3, 0.4) is 0 Å². The van der Waals surface area contributed by atoms with Crippen LogP contribution in [0.5, 0.6) is 0 Å². The third-order valence-corrected chi connectivity index (χ3v) is 8.42. The van der Waals surface area contributed by atoms with Gasteiger partial charge in [0.2, 0.25) is 21.8 Å². The lowest BCUT2D eigenvalue weighted by Crippen LogP contribution is -2.54. The molecule has 13 heteroatoms. The van der Waals surface area contributed by atoms with Crippen LogP contribution in [-0.4, -0.2) is 71.6 Å². The van der Waals surface area contributed by atoms with Crippen LogP contribution >= 0.6 is 0 Å². The van der Waals surface area contributed by atoms with Crippen molar-refractivity contribution in [2.24, 2.45) is 10.7 Å². The van der Waals surface area contributed by atoms with E-state index in [0.29, 0.717) is 11.1 Å². The number of Topliss-reactive ketones (excluding diaryl/α,β-unsaturated/α-hetero) is 1. The van der Waals surface area contributed by atoms with E-state index in [4.69, 9.17) is 10.5 Å². The number of aliphatic imine (C=N–C) groups is 1. The number of benzene rings is 2. The number of amides is 2. The number of carboxylic acid groups (broad SMARTS) is 1. The molecule has 0 spiro atoms. The summed E-state index contributed by atoms with van der Waals surface area (Å²) in [6.07, 6.45) is -1.79. The molecule has 2 amide bonds. The highest BCUT2D eigenvalue weighted by Crippen LogP contribution is 2.30. The first-order valence-electron chi connectivity index (χ1n) is 13.0. The quantitative estimate of drug-likeness (QED) is 0.244. The van der Waals surface area contributed by atoms with Gasteiger partial charge in [-0.15, -0.1) is 0 Å². The molecule has 0 radical (unpaired) electrons. The fourth-order valence-electron chi connectivity index (χ4n) is 4.57. The van der Waals surface area contributed by atoms with Crippen molar-refractivity contribution in [2.45, 2.75) is 75.8 Å². The normalized spacial score (nSPS) is 20.4. The Morgan fingerprint density at radius 2 is 1.63 bits per heavy atom. The zero-order valence-electron chi connectivity index (χ0n) is 23.0. The molecule has 2 aromatic carbocycles. The molecule has 1 aliphatic rings. The molecule has 4 N–H and O–H groups in total. The Morgan fingerprint density at radius 1 is 1.02 bits per heavy atom. The lowest BCUT2D eigenvalue weighted by atomic mass is 10.0. The lowest BCUT2D eigenvalue weighted by Gasteiger charge is -2.27. The van der Waals surface area contributed by atoms with E-state index in [0.717, 1.165) is 4.31 Å². The predicted molar refractivity (Wildman–Crippen MR) is 149 cm³/mol. The average Bonchev–Trinajstić information content (AvgIpc) is 3.22. The van der Waals surface area contributed by atoms with E-state index in [1.54, 1.807) is 49.4 Å². The molecule has 41 heavy (non-hydrogen) atoms. The van der Waals surface area contributed by atoms with Crippen molar-refractivity contribution in [1.29, 1.82) is 0 Å². The van der Waals surface area contributed by atoms with Crippen LogP contribution in [0.1, 0.15) is 44.7 Å².